The number of hydrogen-bond donors (Lipinski definition) is 2. The topological polar surface area (TPSA) is 59.1 Å². The molecule has 1 saturated heterocycles. The van der Waals surface area contributed by atoms with Gasteiger partial charge in [-0.25, -0.2) is 9.97 Å². The Morgan fingerprint density at radius 2 is 2.00 bits per heavy atom. The van der Waals surface area contributed by atoms with Gasteiger partial charge in [0.25, 0.3) is 0 Å². The zero-order chi connectivity index (χ0) is 14.2. The largest absolute Gasteiger partial charge is 0.378 e. The molecule has 2 heterocycles. The highest BCUT2D eigenvalue weighted by Crippen LogP contribution is 2.26. The first-order valence-electron chi connectivity index (χ1n) is 7.41. The van der Waals surface area contributed by atoms with Gasteiger partial charge in [-0.3, -0.25) is 0 Å². The average Bonchev–Trinajstić information content (AvgIpc) is 2.49. The number of nitrogens with one attached hydrogen (secondary N) is 2. The van der Waals surface area contributed by atoms with Crippen LogP contribution in [-0.4, -0.2) is 35.8 Å². The minimum atomic E-state index is 0.398. The second-order valence-electron chi connectivity index (χ2n) is 5.02. The van der Waals surface area contributed by atoms with Gasteiger partial charge in [0.1, 0.15) is 22.4 Å². The van der Waals surface area contributed by atoms with Crippen molar-refractivity contribution in [3.05, 3.63) is 10.8 Å². The molecule has 0 radical (unpaired) electrons. The Bertz CT molecular complexity index is 410. The standard InChI is InChI=1S/C14H23BrN4O/c1-2-7-16-13-12(15)14(19-10-18-13)17-8-6-11-5-3-4-9-20-11/h10-11H,2-9H2,1H3,(H2,16,17,18,19). The zero-order valence-electron chi connectivity index (χ0n) is 12.0. The van der Waals surface area contributed by atoms with Crippen molar-refractivity contribution in [1.82, 2.24) is 9.97 Å². The Labute approximate surface area is 129 Å². The molecule has 1 aromatic rings. The minimum absolute atomic E-state index is 0.398. The number of halogens is 1. The lowest BCUT2D eigenvalue weighted by Gasteiger charge is -2.22. The normalized spacial score (nSPS) is 18.8. The number of ether oxygens (including phenoxy) is 1. The van der Waals surface area contributed by atoms with Crippen molar-refractivity contribution in [2.45, 2.75) is 45.1 Å². The second-order valence-corrected chi connectivity index (χ2v) is 5.81. The first-order chi connectivity index (χ1) is 9.81. The van der Waals surface area contributed by atoms with Crippen LogP contribution in [0.1, 0.15) is 39.0 Å². The third-order valence-electron chi connectivity index (χ3n) is 3.36. The Kier molecular flexibility index (Phi) is 6.53. The predicted molar refractivity (Wildman–Crippen MR) is 85.2 cm³/mol. The maximum atomic E-state index is 5.73. The van der Waals surface area contributed by atoms with Crippen molar-refractivity contribution < 1.29 is 4.74 Å². The molecule has 6 heteroatoms. The Balaban J connectivity index is 1.82. The van der Waals surface area contributed by atoms with Gasteiger partial charge in [0, 0.05) is 19.7 Å². The van der Waals surface area contributed by atoms with Crippen LogP contribution in [0.4, 0.5) is 11.6 Å². The molecule has 2 N–H and O–H groups in total. The Morgan fingerprint density at radius 3 is 2.65 bits per heavy atom. The molecular formula is C14H23BrN4O. The molecule has 1 unspecified atom stereocenters. The van der Waals surface area contributed by atoms with Crippen molar-refractivity contribution in [3.63, 3.8) is 0 Å². The average molecular weight is 343 g/mol. The van der Waals surface area contributed by atoms with Crippen molar-refractivity contribution in [3.8, 4) is 0 Å². The van der Waals surface area contributed by atoms with Gasteiger partial charge in [-0.15, -0.1) is 0 Å². The monoisotopic (exact) mass is 342 g/mol. The van der Waals surface area contributed by atoms with E-state index in [4.69, 9.17) is 4.74 Å². The van der Waals surface area contributed by atoms with Crippen LogP contribution in [0.3, 0.4) is 0 Å². The number of aromatic nitrogens is 2. The molecule has 1 aromatic heterocycles. The van der Waals surface area contributed by atoms with Gasteiger partial charge in [-0.2, -0.15) is 0 Å². The summed E-state index contributed by atoms with van der Waals surface area (Å²) in [6.07, 6.45) is 7.74. The van der Waals surface area contributed by atoms with E-state index in [1.807, 2.05) is 0 Å². The van der Waals surface area contributed by atoms with E-state index in [2.05, 4.69) is 43.5 Å². The van der Waals surface area contributed by atoms with Gasteiger partial charge in [0.15, 0.2) is 0 Å². The van der Waals surface area contributed by atoms with E-state index in [9.17, 15) is 0 Å². The first-order valence-corrected chi connectivity index (χ1v) is 8.20. The Morgan fingerprint density at radius 1 is 1.25 bits per heavy atom. The lowest BCUT2D eigenvalue weighted by atomic mass is 10.1. The zero-order valence-corrected chi connectivity index (χ0v) is 13.6. The molecular weight excluding hydrogens is 320 g/mol. The van der Waals surface area contributed by atoms with Crippen LogP contribution in [0.25, 0.3) is 0 Å². The summed E-state index contributed by atoms with van der Waals surface area (Å²) >= 11 is 3.56. The summed E-state index contributed by atoms with van der Waals surface area (Å²) in [6.45, 7) is 4.82. The summed E-state index contributed by atoms with van der Waals surface area (Å²) in [6, 6.07) is 0. The van der Waals surface area contributed by atoms with E-state index in [0.717, 1.165) is 48.6 Å². The lowest BCUT2D eigenvalue weighted by molar-refractivity contribution is 0.0134. The molecule has 1 aliphatic rings. The molecule has 0 aliphatic carbocycles. The van der Waals surface area contributed by atoms with Crippen molar-refractivity contribution in [2.75, 3.05) is 30.3 Å². The summed E-state index contributed by atoms with van der Waals surface area (Å²) in [5.74, 6) is 1.69. The molecule has 1 aliphatic heterocycles. The van der Waals surface area contributed by atoms with Gasteiger partial charge >= 0.3 is 0 Å². The summed E-state index contributed by atoms with van der Waals surface area (Å²) in [7, 11) is 0. The molecule has 1 atom stereocenters. The van der Waals surface area contributed by atoms with Crippen LogP contribution >= 0.6 is 15.9 Å². The second kappa shape index (κ2) is 8.42. The molecule has 0 amide bonds. The van der Waals surface area contributed by atoms with Crippen molar-refractivity contribution in [1.29, 1.82) is 0 Å². The SMILES string of the molecule is CCCNc1ncnc(NCCC2CCCCO2)c1Br. The van der Waals surface area contributed by atoms with Crippen LogP contribution in [0, 0.1) is 0 Å². The minimum Gasteiger partial charge on any atom is -0.378 e. The third kappa shape index (κ3) is 4.59. The number of anilines is 2. The molecule has 0 saturated carbocycles. The van der Waals surface area contributed by atoms with E-state index in [1.165, 1.54) is 19.3 Å². The molecule has 5 nitrogen and oxygen atoms in total. The van der Waals surface area contributed by atoms with Gasteiger partial charge in [-0.05, 0) is 48.0 Å². The summed E-state index contributed by atoms with van der Waals surface area (Å²) in [5, 5.41) is 6.64. The number of rotatable bonds is 7. The van der Waals surface area contributed by atoms with Gasteiger partial charge in [-0.1, -0.05) is 6.92 Å². The highest BCUT2D eigenvalue weighted by Gasteiger charge is 2.14. The van der Waals surface area contributed by atoms with Crippen LogP contribution in [0.15, 0.2) is 10.8 Å². The molecule has 0 spiro atoms. The van der Waals surface area contributed by atoms with E-state index in [0.29, 0.717) is 6.10 Å². The highest BCUT2D eigenvalue weighted by atomic mass is 79.9. The van der Waals surface area contributed by atoms with E-state index < -0.39 is 0 Å². The van der Waals surface area contributed by atoms with E-state index in [1.54, 1.807) is 6.33 Å². The fourth-order valence-corrected chi connectivity index (χ4v) is 2.73. The van der Waals surface area contributed by atoms with Gasteiger partial charge in [0.05, 0.1) is 6.10 Å². The van der Waals surface area contributed by atoms with Crippen LogP contribution < -0.4 is 10.6 Å². The first kappa shape index (κ1) is 15.5. The molecule has 1 fully saturated rings. The molecule has 112 valence electrons. The summed E-state index contributed by atoms with van der Waals surface area (Å²) in [5.41, 5.74) is 0. The van der Waals surface area contributed by atoms with Crippen LogP contribution in [0.2, 0.25) is 0 Å². The molecule has 20 heavy (non-hydrogen) atoms. The number of nitrogens with zero attached hydrogens (tertiary/aromatic N) is 2. The van der Waals surface area contributed by atoms with Crippen LogP contribution in [-0.2, 0) is 4.74 Å². The Hall–Kier alpha value is -0.880. The van der Waals surface area contributed by atoms with Gasteiger partial charge < -0.3 is 15.4 Å². The van der Waals surface area contributed by atoms with Crippen LogP contribution in [0.5, 0.6) is 0 Å². The van der Waals surface area contributed by atoms with E-state index in [-0.39, 0.29) is 0 Å². The van der Waals surface area contributed by atoms with E-state index >= 15 is 0 Å². The maximum absolute atomic E-state index is 5.73. The fourth-order valence-electron chi connectivity index (χ4n) is 2.25. The third-order valence-corrected chi connectivity index (χ3v) is 4.12. The predicted octanol–water partition coefficient (Wildman–Crippen LogP) is 3.43. The molecule has 2 rings (SSSR count). The number of hydrogen-bond acceptors (Lipinski definition) is 5. The van der Waals surface area contributed by atoms with Crippen molar-refractivity contribution >= 4 is 27.6 Å². The molecule has 0 aromatic carbocycles. The summed E-state index contributed by atoms with van der Waals surface area (Å²) in [4.78, 5) is 8.52. The van der Waals surface area contributed by atoms with Crippen molar-refractivity contribution in [2.24, 2.45) is 0 Å². The highest BCUT2D eigenvalue weighted by molar-refractivity contribution is 9.10. The van der Waals surface area contributed by atoms with Gasteiger partial charge in [0.2, 0.25) is 0 Å². The molecule has 0 bridgehead atoms. The quantitative estimate of drug-likeness (QED) is 0.794. The summed E-state index contributed by atoms with van der Waals surface area (Å²) < 4.78 is 6.63. The maximum Gasteiger partial charge on any atom is 0.145 e. The lowest BCUT2D eigenvalue weighted by Crippen LogP contribution is -2.22. The smallest absolute Gasteiger partial charge is 0.145 e. The fraction of sp³-hybridized carbons (Fsp3) is 0.714.